The second-order valence-electron chi connectivity index (χ2n) is 3.57. The van der Waals surface area contributed by atoms with Gasteiger partial charge in [-0.3, -0.25) is 9.98 Å². The molecule has 1 rings (SSSR count). The molecule has 17 heavy (non-hydrogen) atoms. The number of hydrogen-bond donors (Lipinski definition) is 2. The summed E-state index contributed by atoms with van der Waals surface area (Å²) in [5.74, 6) is 1.61. The van der Waals surface area contributed by atoms with Crippen LogP contribution in [0.4, 0.5) is 0 Å². The molecule has 0 aromatic heterocycles. The molecule has 0 saturated carbocycles. The molecule has 1 aliphatic heterocycles. The Labute approximate surface area is 107 Å². The first-order valence-corrected chi connectivity index (χ1v) is 6.69. The molecule has 0 spiro atoms. The van der Waals surface area contributed by atoms with Crippen LogP contribution >= 0.6 is 11.8 Å². The highest BCUT2D eigenvalue weighted by Gasteiger charge is 2.09. The lowest BCUT2D eigenvalue weighted by molar-refractivity contribution is 0.988. The van der Waals surface area contributed by atoms with Crippen LogP contribution in [-0.4, -0.2) is 37.4 Å². The van der Waals surface area contributed by atoms with Gasteiger partial charge in [-0.05, 0) is 18.8 Å². The quantitative estimate of drug-likeness (QED) is 0.798. The van der Waals surface area contributed by atoms with Crippen LogP contribution in [0, 0.1) is 0 Å². The van der Waals surface area contributed by atoms with Crippen LogP contribution in [0.2, 0.25) is 0 Å². The minimum absolute atomic E-state index is 0.477. The van der Waals surface area contributed by atoms with E-state index in [1.807, 2.05) is 19.2 Å². The maximum atomic E-state index is 5.72. The zero-order valence-electron chi connectivity index (χ0n) is 10.7. The van der Waals surface area contributed by atoms with Crippen LogP contribution in [0.3, 0.4) is 0 Å². The molecule has 1 heterocycles. The van der Waals surface area contributed by atoms with Gasteiger partial charge in [0, 0.05) is 12.7 Å². The van der Waals surface area contributed by atoms with E-state index in [4.69, 9.17) is 5.73 Å². The average molecular weight is 252 g/mol. The summed E-state index contributed by atoms with van der Waals surface area (Å²) in [5.41, 5.74) is 7.84. The maximum absolute atomic E-state index is 5.72. The Balaban J connectivity index is 3.02. The van der Waals surface area contributed by atoms with Crippen molar-refractivity contribution < 1.29 is 0 Å². The van der Waals surface area contributed by atoms with Gasteiger partial charge in [0.2, 0.25) is 0 Å². The highest BCUT2D eigenvalue weighted by molar-refractivity contribution is 8.04. The summed E-state index contributed by atoms with van der Waals surface area (Å²) >= 11 is 1.79. The molecule has 0 bridgehead atoms. The fourth-order valence-corrected chi connectivity index (χ4v) is 2.27. The van der Waals surface area contributed by atoms with Gasteiger partial charge in [0.1, 0.15) is 5.84 Å². The number of hydrogen-bond acceptors (Lipinski definition) is 5. The molecule has 3 N–H and O–H groups in total. The lowest BCUT2D eigenvalue weighted by Crippen LogP contribution is -2.19. The van der Waals surface area contributed by atoms with E-state index < -0.39 is 0 Å². The molecule has 0 aromatic carbocycles. The predicted octanol–water partition coefficient (Wildman–Crippen LogP) is 1.56. The Morgan fingerprint density at radius 3 is 2.94 bits per heavy atom. The molecular formula is C12H20N4S. The first-order chi connectivity index (χ1) is 8.19. The normalized spacial score (nSPS) is 17.6. The number of allylic oxidation sites excluding steroid dienone is 3. The monoisotopic (exact) mass is 252 g/mol. The third kappa shape index (κ3) is 4.26. The summed E-state index contributed by atoms with van der Waals surface area (Å²) in [6.45, 7) is 5.30. The maximum Gasteiger partial charge on any atom is 0.116 e. The summed E-state index contributed by atoms with van der Waals surface area (Å²) in [5, 5.41) is 3.18. The lowest BCUT2D eigenvalue weighted by Gasteiger charge is -2.12. The minimum Gasteiger partial charge on any atom is -0.391 e. The third-order valence-corrected chi connectivity index (χ3v) is 3.42. The summed E-state index contributed by atoms with van der Waals surface area (Å²) in [6, 6.07) is 0. The van der Waals surface area contributed by atoms with E-state index in [9.17, 15) is 0 Å². The smallest absolute Gasteiger partial charge is 0.116 e. The van der Waals surface area contributed by atoms with Crippen LogP contribution in [0.5, 0.6) is 0 Å². The molecule has 94 valence electrons. The van der Waals surface area contributed by atoms with Crippen molar-refractivity contribution in [2.45, 2.75) is 13.8 Å². The molecule has 0 atom stereocenters. The summed E-state index contributed by atoms with van der Waals surface area (Å²) < 4.78 is 0. The van der Waals surface area contributed by atoms with E-state index in [1.54, 1.807) is 11.8 Å². The highest BCUT2D eigenvalue weighted by atomic mass is 32.2. The molecular weight excluding hydrogens is 232 g/mol. The molecule has 0 amide bonds. The Morgan fingerprint density at radius 1 is 1.53 bits per heavy atom. The van der Waals surface area contributed by atoms with Gasteiger partial charge >= 0.3 is 0 Å². The standard InChI is InChI=1S/C12H20N4S/c1-4-17-12(9(2)14-3)10-6-5-7-15-11(13)8-16-10/h5-6,14H,4,7-8H2,1-3H3,(H2,13,15)/b6-5?,12-9-,16-10?. The van der Waals surface area contributed by atoms with Crippen molar-refractivity contribution in [3.05, 3.63) is 22.8 Å². The fourth-order valence-electron chi connectivity index (χ4n) is 1.38. The largest absolute Gasteiger partial charge is 0.391 e. The van der Waals surface area contributed by atoms with Crippen molar-refractivity contribution in [3.8, 4) is 0 Å². The Bertz CT molecular complexity index is 380. The number of nitrogens with two attached hydrogens (primary N) is 1. The first kappa shape index (κ1) is 13.8. The zero-order chi connectivity index (χ0) is 12.7. The van der Waals surface area contributed by atoms with Crippen molar-refractivity contribution in [1.29, 1.82) is 0 Å². The van der Waals surface area contributed by atoms with Crippen LogP contribution < -0.4 is 11.1 Å². The van der Waals surface area contributed by atoms with Gasteiger partial charge in [0.15, 0.2) is 0 Å². The Kier molecular flexibility index (Phi) is 5.83. The van der Waals surface area contributed by atoms with Crippen molar-refractivity contribution in [3.63, 3.8) is 0 Å². The van der Waals surface area contributed by atoms with E-state index in [0.717, 1.165) is 17.2 Å². The van der Waals surface area contributed by atoms with Gasteiger partial charge in [-0.1, -0.05) is 13.0 Å². The molecule has 0 fully saturated rings. The van der Waals surface area contributed by atoms with E-state index in [0.29, 0.717) is 18.9 Å². The minimum atomic E-state index is 0.477. The summed E-state index contributed by atoms with van der Waals surface area (Å²) in [6.07, 6.45) is 4.01. The van der Waals surface area contributed by atoms with Crippen molar-refractivity contribution in [2.75, 3.05) is 25.9 Å². The molecule has 0 unspecified atom stereocenters. The van der Waals surface area contributed by atoms with E-state index in [-0.39, 0.29) is 0 Å². The van der Waals surface area contributed by atoms with Gasteiger partial charge in [-0.25, -0.2) is 0 Å². The fraction of sp³-hybridized carbons (Fsp3) is 0.500. The number of rotatable bonds is 4. The molecule has 0 radical (unpaired) electrons. The number of thioether (sulfide) groups is 1. The van der Waals surface area contributed by atoms with Crippen LogP contribution in [-0.2, 0) is 0 Å². The third-order valence-electron chi connectivity index (χ3n) is 2.32. The van der Waals surface area contributed by atoms with Gasteiger partial charge in [-0.2, -0.15) is 0 Å². The number of aliphatic imine (C=N–C) groups is 2. The van der Waals surface area contributed by atoms with Crippen LogP contribution in [0.25, 0.3) is 0 Å². The molecule has 5 heteroatoms. The van der Waals surface area contributed by atoms with Crippen molar-refractivity contribution >= 4 is 23.3 Å². The van der Waals surface area contributed by atoms with Crippen LogP contribution in [0.1, 0.15) is 13.8 Å². The second kappa shape index (κ2) is 7.17. The Hall–Kier alpha value is -1.23. The lowest BCUT2D eigenvalue weighted by atomic mass is 10.2. The molecule has 4 nitrogen and oxygen atoms in total. The summed E-state index contributed by atoms with van der Waals surface area (Å²) in [4.78, 5) is 9.84. The molecule has 0 aliphatic carbocycles. The number of amidine groups is 1. The van der Waals surface area contributed by atoms with Crippen molar-refractivity contribution in [2.24, 2.45) is 15.7 Å². The number of nitrogens with zero attached hydrogens (tertiary/aromatic N) is 2. The Morgan fingerprint density at radius 2 is 2.29 bits per heavy atom. The molecule has 1 aliphatic rings. The first-order valence-electron chi connectivity index (χ1n) is 5.70. The second-order valence-corrected chi connectivity index (χ2v) is 4.85. The van der Waals surface area contributed by atoms with Gasteiger partial charge in [0.05, 0.1) is 23.7 Å². The average Bonchev–Trinajstić information content (AvgIpc) is 2.31. The zero-order valence-corrected chi connectivity index (χ0v) is 11.5. The van der Waals surface area contributed by atoms with Gasteiger partial charge < -0.3 is 11.1 Å². The van der Waals surface area contributed by atoms with Gasteiger partial charge in [0.25, 0.3) is 0 Å². The summed E-state index contributed by atoms with van der Waals surface area (Å²) in [7, 11) is 1.93. The number of nitrogens with one attached hydrogen (secondary N) is 1. The van der Waals surface area contributed by atoms with E-state index in [1.165, 1.54) is 4.91 Å². The highest BCUT2D eigenvalue weighted by Crippen LogP contribution is 2.21. The van der Waals surface area contributed by atoms with E-state index >= 15 is 0 Å². The van der Waals surface area contributed by atoms with Gasteiger partial charge in [-0.15, -0.1) is 11.8 Å². The van der Waals surface area contributed by atoms with Crippen molar-refractivity contribution in [1.82, 2.24) is 5.32 Å². The van der Waals surface area contributed by atoms with E-state index in [2.05, 4.69) is 29.1 Å². The molecule has 0 aromatic rings. The predicted molar refractivity (Wildman–Crippen MR) is 77.8 cm³/mol. The SMILES string of the molecule is CCS/C(C1=NCC(N)=NCC=C1)=C(/C)NC. The van der Waals surface area contributed by atoms with Crippen LogP contribution in [0.15, 0.2) is 32.7 Å². The topological polar surface area (TPSA) is 62.8 Å². The molecule has 0 saturated heterocycles.